The van der Waals surface area contributed by atoms with Gasteiger partial charge in [0.25, 0.3) is 0 Å². The molecule has 0 aliphatic carbocycles. The van der Waals surface area contributed by atoms with E-state index in [-0.39, 0.29) is 5.01 Å². The van der Waals surface area contributed by atoms with Crippen LogP contribution in [0.1, 0.15) is 14.7 Å². The number of aromatic carboxylic acids is 1. The summed E-state index contributed by atoms with van der Waals surface area (Å²) in [5.41, 5.74) is 0. The van der Waals surface area contributed by atoms with Crippen LogP contribution >= 0.6 is 11.3 Å². The quantitative estimate of drug-likeness (QED) is 0.824. The third kappa shape index (κ3) is 2.74. The van der Waals surface area contributed by atoms with Crippen LogP contribution in [0, 0.1) is 0 Å². The zero-order valence-electron chi connectivity index (χ0n) is 8.18. The van der Waals surface area contributed by atoms with E-state index in [0.29, 0.717) is 0 Å². The van der Waals surface area contributed by atoms with Crippen LogP contribution in [0.15, 0.2) is 6.20 Å². The Labute approximate surface area is 91.3 Å². The highest BCUT2D eigenvalue weighted by atomic mass is 32.1. The summed E-state index contributed by atoms with van der Waals surface area (Å²) in [5, 5.41) is 8.88. The minimum atomic E-state index is -0.951. The molecule has 1 aromatic heterocycles. The van der Waals surface area contributed by atoms with Crippen molar-refractivity contribution in [2.45, 2.75) is 6.54 Å². The topological polar surface area (TPSA) is 62.7 Å². The Morgan fingerprint density at radius 1 is 1.60 bits per heavy atom. The van der Waals surface area contributed by atoms with E-state index in [2.05, 4.69) is 9.88 Å². The Hall–Kier alpha value is -0.980. The van der Waals surface area contributed by atoms with Crippen molar-refractivity contribution < 1.29 is 14.6 Å². The van der Waals surface area contributed by atoms with Crippen molar-refractivity contribution in [1.82, 2.24) is 9.88 Å². The maximum absolute atomic E-state index is 10.6. The molecular formula is C9H12N2O3S. The first-order valence-electron chi connectivity index (χ1n) is 4.74. The molecule has 1 aromatic rings. The Morgan fingerprint density at radius 2 is 2.33 bits per heavy atom. The maximum atomic E-state index is 10.6. The van der Waals surface area contributed by atoms with E-state index < -0.39 is 5.97 Å². The summed E-state index contributed by atoms with van der Waals surface area (Å²) >= 11 is 1.24. The van der Waals surface area contributed by atoms with Crippen LogP contribution in [0.5, 0.6) is 0 Å². The molecule has 5 nitrogen and oxygen atoms in total. The van der Waals surface area contributed by atoms with Gasteiger partial charge in [0.15, 0.2) is 0 Å². The second-order valence-corrected chi connectivity index (χ2v) is 4.44. The van der Waals surface area contributed by atoms with Gasteiger partial charge >= 0.3 is 5.97 Å². The first-order valence-corrected chi connectivity index (χ1v) is 5.55. The summed E-state index contributed by atoms with van der Waals surface area (Å²) in [4.78, 5) is 17.7. The predicted octanol–water partition coefficient (Wildman–Crippen LogP) is 0.673. The van der Waals surface area contributed by atoms with Crippen molar-refractivity contribution >= 4 is 17.3 Å². The van der Waals surface area contributed by atoms with Gasteiger partial charge in [-0.2, -0.15) is 0 Å². The van der Waals surface area contributed by atoms with E-state index in [4.69, 9.17) is 9.84 Å². The van der Waals surface area contributed by atoms with Gasteiger partial charge in [0, 0.05) is 30.7 Å². The molecule has 1 saturated heterocycles. The van der Waals surface area contributed by atoms with Crippen LogP contribution in [0.25, 0.3) is 0 Å². The molecule has 82 valence electrons. The highest BCUT2D eigenvalue weighted by molar-refractivity contribution is 7.13. The van der Waals surface area contributed by atoms with Crippen molar-refractivity contribution in [2.75, 3.05) is 26.3 Å². The number of thiazole rings is 1. The van der Waals surface area contributed by atoms with Gasteiger partial charge in [-0.15, -0.1) is 11.3 Å². The minimum absolute atomic E-state index is 0.165. The smallest absolute Gasteiger partial charge is 0.365 e. The van der Waals surface area contributed by atoms with E-state index >= 15 is 0 Å². The third-order valence-corrected chi connectivity index (χ3v) is 3.19. The van der Waals surface area contributed by atoms with Gasteiger partial charge in [-0.3, -0.25) is 4.90 Å². The summed E-state index contributed by atoms with van der Waals surface area (Å²) in [6, 6.07) is 0. The molecule has 1 N–H and O–H groups in total. The summed E-state index contributed by atoms with van der Waals surface area (Å²) in [6.07, 6.45) is 1.64. The van der Waals surface area contributed by atoms with Gasteiger partial charge in [0.2, 0.25) is 5.01 Å². The fourth-order valence-electron chi connectivity index (χ4n) is 1.46. The van der Waals surface area contributed by atoms with Crippen molar-refractivity contribution in [3.63, 3.8) is 0 Å². The molecular weight excluding hydrogens is 216 g/mol. The Balaban J connectivity index is 1.94. The van der Waals surface area contributed by atoms with Gasteiger partial charge in [-0.1, -0.05) is 0 Å². The fraction of sp³-hybridized carbons (Fsp3) is 0.556. The van der Waals surface area contributed by atoms with Crippen LogP contribution in [-0.2, 0) is 11.3 Å². The average Bonchev–Trinajstić information content (AvgIpc) is 2.68. The predicted molar refractivity (Wildman–Crippen MR) is 55.2 cm³/mol. The molecule has 0 spiro atoms. The molecule has 2 heterocycles. The number of carboxylic acid groups (broad SMARTS) is 1. The monoisotopic (exact) mass is 228 g/mol. The Morgan fingerprint density at radius 3 is 2.93 bits per heavy atom. The van der Waals surface area contributed by atoms with Crippen molar-refractivity contribution in [3.8, 4) is 0 Å². The van der Waals surface area contributed by atoms with E-state index in [1.807, 2.05) is 0 Å². The lowest BCUT2D eigenvalue weighted by atomic mass is 10.4. The molecule has 2 rings (SSSR count). The van der Waals surface area contributed by atoms with Crippen LogP contribution in [0.2, 0.25) is 0 Å². The number of hydrogen-bond donors (Lipinski definition) is 1. The molecule has 0 radical (unpaired) electrons. The van der Waals surface area contributed by atoms with Gasteiger partial charge in [-0.05, 0) is 0 Å². The molecule has 0 saturated carbocycles. The molecule has 15 heavy (non-hydrogen) atoms. The summed E-state index contributed by atoms with van der Waals surface area (Å²) in [6.45, 7) is 4.09. The molecule has 0 amide bonds. The Kier molecular flexibility index (Phi) is 3.30. The molecule has 1 aliphatic heterocycles. The van der Waals surface area contributed by atoms with Gasteiger partial charge in [0.05, 0.1) is 13.2 Å². The molecule has 1 fully saturated rings. The molecule has 0 aromatic carbocycles. The molecule has 0 atom stereocenters. The summed E-state index contributed by atoms with van der Waals surface area (Å²) in [7, 11) is 0. The second kappa shape index (κ2) is 4.69. The highest BCUT2D eigenvalue weighted by Gasteiger charge is 2.14. The number of carbonyl (C=O) groups is 1. The van der Waals surface area contributed by atoms with E-state index in [1.54, 1.807) is 6.20 Å². The van der Waals surface area contributed by atoms with Gasteiger partial charge in [-0.25, -0.2) is 9.78 Å². The van der Waals surface area contributed by atoms with Crippen LogP contribution in [0.4, 0.5) is 0 Å². The standard InChI is InChI=1S/C9H12N2O3S/c12-9(13)8-10-5-7(15-8)6-11-1-3-14-4-2-11/h5H,1-4,6H2,(H,12,13). The number of carboxylic acids is 1. The normalized spacial score (nSPS) is 17.9. The number of hydrogen-bond acceptors (Lipinski definition) is 5. The lowest BCUT2D eigenvalue weighted by Gasteiger charge is -2.25. The number of aromatic nitrogens is 1. The van der Waals surface area contributed by atoms with Crippen LogP contribution in [0.3, 0.4) is 0 Å². The second-order valence-electron chi connectivity index (χ2n) is 3.33. The summed E-state index contributed by atoms with van der Waals surface area (Å²) in [5.74, 6) is -0.951. The first kappa shape index (κ1) is 10.5. The van der Waals surface area contributed by atoms with Crippen LogP contribution in [-0.4, -0.2) is 47.3 Å². The average molecular weight is 228 g/mol. The minimum Gasteiger partial charge on any atom is -0.476 e. The SMILES string of the molecule is O=C(O)c1ncc(CN2CCOCC2)s1. The lowest BCUT2D eigenvalue weighted by molar-refractivity contribution is 0.0346. The maximum Gasteiger partial charge on any atom is 0.365 e. The largest absolute Gasteiger partial charge is 0.476 e. The first-order chi connectivity index (χ1) is 7.25. The van der Waals surface area contributed by atoms with Crippen molar-refractivity contribution in [2.24, 2.45) is 0 Å². The summed E-state index contributed by atoms with van der Waals surface area (Å²) < 4.78 is 5.23. The number of ether oxygens (including phenoxy) is 1. The number of morpholine rings is 1. The molecule has 6 heteroatoms. The van der Waals surface area contributed by atoms with E-state index in [1.165, 1.54) is 11.3 Å². The highest BCUT2D eigenvalue weighted by Crippen LogP contribution is 2.15. The fourth-order valence-corrected chi connectivity index (χ4v) is 2.25. The van der Waals surface area contributed by atoms with Gasteiger partial charge in [0.1, 0.15) is 0 Å². The van der Waals surface area contributed by atoms with Crippen molar-refractivity contribution in [1.29, 1.82) is 0 Å². The zero-order valence-corrected chi connectivity index (χ0v) is 9.00. The molecule has 0 bridgehead atoms. The van der Waals surface area contributed by atoms with Crippen LogP contribution < -0.4 is 0 Å². The van der Waals surface area contributed by atoms with E-state index in [0.717, 1.165) is 37.7 Å². The Bertz CT molecular complexity index is 347. The van der Waals surface area contributed by atoms with Gasteiger partial charge < -0.3 is 9.84 Å². The van der Waals surface area contributed by atoms with Crippen molar-refractivity contribution in [3.05, 3.63) is 16.1 Å². The molecule has 1 aliphatic rings. The lowest BCUT2D eigenvalue weighted by Crippen LogP contribution is -2.35. The van der Waals surface area contributed by atoms with E-state index in [9.17, 15) is 4.79 Å². The third-order valence-electron chi connectivity index (χ3n) is 2.22. The molecule has 0 unspecified atom stereocenters. The number of rotatable bonds is 3. The number of nitrogens with zero attached hydrogens (tertiary/aromatic N) is 2. The zero-order chi connectivity index (χ0) is 10.7.